The van der Waals surface area contributed by atoms with Gasteiger partial charge in [-0.25, -0.2) is 0 Å². The van der Waals surface area contributed by atoms with E-state index in [4.69, 9.17) is 10.5 Å². The molecule has 0 saturated carbocycles. The molecule has 7 nitrogen and oxygen atoms in total. The fourth-order valence-electron chi connectivity index (χ4n) is 1.48. The minimum atomic E-state index is -1.88. The van der Waals surface area contributed by atoms with Crippen molar-refractivity contribution >= 4 is 12.2 Å². The maximum absolute atomic E-state index is 10.9. The fourth-order valence-corrected chi connectivity index (χ4v) is 1.48. The molecular formula is C11H13NO6. The smallest absolute Gasteiger partial charge is 0.249 e. The summed E-state index contributed by atoms with van der Waals surface area (Å²) >= 11 is 0. The number of aldehydes is 1. The van der Waals surface area contributed by atoms with Crippen LogP contribution in [0.2, 0.25) is 0 Å². The van der Waals surface area contributed by atoms with E-state index >= 15 is 0 Å². The van der Waals surface area contributed by atoms with Crippen LogP contribution >= 0.6 is 0 Å². The maximum Gasteiger partial charge on any atom is 0.249 e. The molecule has 0 bridgehead atoms. The number of hydrogen-bond acceptors (Lipinski definition) is 6. The summed E-state index contributed by atoms with van der Waals surface area (Å²) in [5.41, 5.74) is 4.44. The van der Waals surface area contributed by atoms with Crippen molar-refractivity contribution in [1.29, 1.82) is 0 Å². The monoisotopic (exact) mass is 255 g/mol. The van der Waals surface area contributed by atoms with Crippen LogP contribution in [0.25, 0.3) is 0 Å². The van der Waals surface area contributed by atoms with Crippen LogP contribution in [0, 0.1) is 0 Å². The van der Waals surface area contributed by atoms with Crippen LogP contribution in [0.15, 0.2) is 12.1 Å². The Labute approximate surface area is 102 Å². The first-order valence-electron chi connectivity index (χ1n) is 4.94. The first kappa shape index (κ1) is 13.9. The van der Waals surface area contributed by atoms with Crippen molar-refractivity contribution in [2.24, 2.45) is 5.73 Å². The summed E-state index contributed by atoms with van der Waals surface area (Å²) < 4.78 is 4.79. The number of phenols is 1. The van der Waals surface area contributed by atoms with Gasteiger partial charge in [0.05, 0.1) is 12.7 Å². The Kier molecular flexibility index (Phi) is 4.24. The lowest BCUT2D eigenvalue weighted by atomic mass is 9.97. The van der Waals surface area contributed by atoms with Crippen molar-refractivity contribution in [1.82, 2.24) is 0 Å². The molecule has 1 amide bonds. The number of primary amides is 1. The number of amides is 1. The van der Waals surface area contributed by atoms with E-state index in [1.807, 2.05) is 0 Å². The number of carbonyl (C=O) groups excluding carboxylic acids is 2. The average Bonchev–Trinajstić information content (AvgIpc) is 2.36. The van der Waals surface area contributed by atoms with Crippen LogP contribution in [0.5, 0.6) is 11.5 Å². The van der Waals surface area contributed by atoms with Gasteiger partial charge >= 0.3 is 0 Å². The Balaban J connectivity index is 3.29. The van der Waals surface area contributed by atoms with E-state index in [0.29, 0.717) is 0 Å². The third-order valence-corrected chi connectivity index (χ3v) is 2.46. The van der Waals surface area contributed by atoms with Crippen molar-refractivity contribution in [3.8, 4) is 11.5 Å². The minimum absolute atomic E-state index is 0.0293. The lowest BCUT2D eigenvalue weighted by molar-refractivity contribution is -0.132. The molecular weight excluding hydrogens is 242 g/mol. The van der Waals surface area contributed by atoms with Crippen LogP contribution in [0.3, 0.4) is 0 Å². The van der Waals surface area contributed by atoms with Crippen LogP contribution in [0.1, 0.15) is 22.0 Å². The first-order chi connectivity index (χ1) is 8.43. The van der Waals surface area contributed by atoms with Crippen molar-refractivity contribution in [2.75, 3.05) is 7.11 Å². The van der Waals surface area contributed by atoms with Crippen molar-refractivity contribution < 1.29 is 29.6 Å². The van der Waals surface area contributed by atoms with Gasteiger partial charge in [-0.2, -0.15) is 0 Å². The number of aliphatic hydroxyl groups is 2. The number of aromatic hydroxyl groups is 1. The molecule has 0 fully saturated rings. The maximum atomic E-state index is 10.9. The second-order valence-electron chi connectivity index (χ2n) is 3.53. The molecule has 98 valence electrons. The number of carbonyl (C=O) groups is 2. The summed E-state index contributed by atoms with van der Waals surface area (Å²) in [4.78, 5) is 21.6. The Hall–Kier alpha value is -2.12. The zero-order chi connectivity index (χ0) is 13.9. The summed E-state index contributed by atoms with van der Waals surface area (Å²) in [7, 11) is 1.29. The Morgan fingerprint density at radius 1 is 1.44 bits per heavy atom. The molecule has 0 aliphatic heterocycles. The Morgan fingerprint density at radius 2 is 2.06 bits per heavy atom. The van der Waals surface area contributed by atoms with Crippen molar-refractivity contribution in [3.05, 3.63) is 23.3 Å². The van der Waals surface area contributed by atoms with E-state index in [0.717, 1.165) is 0 Å². The molecule has 0 heterocycles. The van der Waals surface area contributed by atoms with Crippen LogP contribution in [-0.2, 0) is 4.79 Å². The normalized spacial score (nSPS) is 13.7. The van der Waals surface area contributed by atoms with E-state index in [1.54, 1.807) is 0 Å². The summed E-state index contributed by atoms with van der Waals surface area (Å²) in [6.07, 6.45) is -3.31. The highest BCUT2D eigenvalue weighted by Gasteiger charge is 2.27. The number of nitrogens with two attached hydrogens (primary N) is 1. The highest BCUT2D eigenvalue weighted by Crippen LogP contribution is 2.34. The number of aliphatic hydroxyl groups excluding tert-OH is 2. The largest absolute Gasteiger partial charge is 0.504 e. The summed E-state index contributed by atoms with van der Waals surface area (Å²) in [6, 6.07) is 2.54. The highest BCUT2D eigenvalue weighted by molar-refractivity contribution is 5.85. The molecule has 1 aromatic carbocycles. The van der Waals surface area contributed by atoms with Crippen molar-refractivity contribution in [3.63, 3.8) is 0 Å². The number of rotatable bonds is 5. The summed E-state index contributed by atoms with van der Waals surface area (Å²) in [5, 5.41) is 28.7. The predicted octanol–water partition coefficient (Wildman–Crippen LogP) is -0.907. The molecule has 2 unspecified atom stereocenters. The van der Waals surface area contributed by atoms with Crippen molar-refractivity contribution in [2.45, 2.75) is 12.2 Å². The lowest BCUT2D eigenvalue weighted by Gasteiger charge is -2.18. The van der Waals surface area contributed by atoms with Gasteiger partial charge in [0, 0.05) is 0 Å². The highest BCUT2D eigenvalue weighted by atomic mass is 16.5. The second kappa shape index (κ2) is 5.48. The Morgan fingerprint density at radius 3 is 2.50 bits per heavy atom. The molecule has 0 aliphatic rings. The van der Waals surface area contributed by atoms with Gasteiger partial charge in [-0.1, -0.05) is 6.07 Å². The predicted molar refractivity (Wildman–Crippen MR) is 60.2 cm³/mol. The molecule has 5 N–H and O–H groups in total. The average molecular weight is 255 g/mol. The zero-order valence-corrected chi connectivity index (χ0v) is 9.53. The van der Waals surface area contributed by atoms with Gasteiger partial charge in [0.1, 0.15) is 6.10 Å². The van der Waals surface area contributed by atoms with E-state index in [2.05, 4.69) is 0 Å². The molecule has 1 rings (SSSR count). The molecule has 18 heavy (non-hydrogen) atoms. The quantitative estimate of drug-likeness (QED) is 0.504. The third-order valence-electron chi connectivity index (χ3n) is 2.46. The van der Waals surface area contributed by atoms with Crippen LogP contribution in [-0.4, -0.2) is 40.7 Å². The molecule has 2 atom stereocenters. The number of methoxy groups -OCH3 is 1. The van der Waals surface area contributed by atoms with Gasteiger partial charge in [-0.05, 0) is 11.6 Å². The fraction of sp³-hybridized carbons (Fsp3) is 0.273. The lowest BCUT2D eigenvalue weighted by Crippen LogP contribution is -2.34. The van der Waals surface area contributed by atoms with Gasteiger partial charge in [0.2, 0.25) is 5.91 Å². The molecule has 1 aromatic rings. The summed E-state index contributed by atoms with van der Waals surface area (Å²) in [6.45, 7) is 0. The zero-order valence-electron chi connectivity index (χ0n) is 9.53. The van der Waals surface area contributed by atoms with Gasteiger partial charge in [-0.3, -0.25) is 9.59 Å². The molecule has 0 radical (unpaired) electrons. The standard InChI is InChI=1S/C11H13NO6/c1-18-7-3-2-5(6(4-13)8(7)14)9(15)10(16)11(12)17/h2-4,9-10,14-16H,1H3,(H2,12,17). The van der Waals surface area contributed by atoms with Gasteiger partial charge in [0.15, 0.2) is 23.9 Å². The first-order valence-corrected chi connectivity index (χ1v) is 4.94. The number of phenolic OH excluding ortho intramolecular Hbond substituents is 1. The molecule has 0 aliphatic carbocycles. The topological polar surface area (TPSA) is 130 Å². The van der Waals surface area contributed by atoms with Gasteiger partial charge < -0.3 is 25.8 Å². The third kappa shape index (κ3) is 2.41. The number of ether oxygens (including phenoxy) is 1. The minimum Gasteiger partial charge on any atom is -0.504 e. The van der Waals surface area contributed by atoms with Gasteiger partial charge in [-0.15, -0.1) is 0 Å². The van der Waals surface area contributed by atoms with Gasteiger partial charge in [0.25, 0.3) is 0 Å². The number of hydrogen-bond donors (Lipinski definition) is 4. The second-order valence-corrected chi connectivity index (χ2v) is 3.53. The van der Waals surface area contributed by atoms with E-state index < -0.39 is 23.9 Å². The van der Waals surface area contributed by atoms with E-state index in [1.165, 1.54) is 19.2 Å². The number of benzene rings is 1. The molecule has 7 heteroatoms. The Bertz CT molecular complexity index is 473. The van der Waals surface area contributed by atoms with E-state index in [9.17, 15) is 24.9 Å². The van der Waals surface area contributed by atoms with E-state index in [-0.39, 0.29) is 23.2 Å². The summed E-state index contributed by atoms with van der Waals surface area (Å²) in [5.74, 6) is -1.60. The molecule has 0 aromatic heterocycles. The molecule has 0 saturated heterocycles. The van der Waals surface area contributed by atoms with Crippen LogP contribution in [0.4, 0.5) is 0 Å². The SMILES string of the molecule is COc1ccc(C(O)C(O)C(N)=O)c(C=O)c1O. The molecule has 0 spiro atoms. The van der Waals surface area contributed by atoms with Crippen LogP contribution < -0.4 is 10.5 Å².